The summed E-state index contributed by atoms with van der Waals surface area (Å²) >= 11 is 0. The molecule has 0 bridgehead atoms. The molecule has 1 aliphatic carbocycles. The molecule has 1 atom stereocenters. The van der Waals surface area contributed by atoms with Crippen molar-refractivity contribution in [1.29, 1.82) is 0 Å². The Labute approximate surface area is 111 Å². The van der Waals surface area contributed by atoms with E-state index in [1.807, 2.05) is 0 Å². The number of rotatable bonds is 3. The van der Waals surface area contributed by atoms with Crippen molar-refractivity contribution in [2.24, 2.45) is 0 Å². The Balaban J connectivity index is 2.43. The van der Waals surface area contributed by atoms with Crippen molar-refractivity contribution in [1.82, 2.24) is 0 Å². The second-order valence-electron chi connectivity index (χ2n) is 6.62. The predicted octanol–water partition coefficient (Wildman–Crippen LogP) is 3.22. The van der Waals surface area contributed by atoms with Crippen molar-refractivity contribution >= 4 is 0 Å². The summed E-state index contributed by atoms with van der Waals surface area (Å²) in [6.07, 6.45) is 4.11. The van der Waals surface area contributed by atoms with Gasteiger partial charge in [-0.05, 0) is 25.3 Å². The van der Waals surface area contributed by atoms with Crippen molar-refractivity contribution in [3.05, 3.63) is 35.4 Å². The number of quaternary nitrogens is 1. The average molecular weight is 248 g/mol. The van der Waals surface area contributed by atoms with E-state index in [0.29, 0.717) is 6.04 Å². The third-order valence-corrected chi connectivity index (χ3v) is 4.50. The highest BCUT2D eigenvalue weighted by Crippen LogP contribution is 2.42. The Morgan fingerprint density at radius 1 is 1.11 bits per heavy atom. The first kappa shape index (κ1) is 13.6. The van der Waals surface area contributed by atoms with Gasteiger partial charge in [-0.3, -0.25) is 0 Å². The molecule has 2 rings (SSSR count). The summed E-state index contributed by atoms with van der Waals surface area (Å²) in [4.78, 5) is 0. The molecule has 0 amide bonds. The molecule has 0 heterocycles. The molecule has 18 heavy (non-hydrogen) atoms. The van der Waals surface area contributed by atoms with E-state index in [1.54, 1.807) is 0 Å². The molecule has 0 aromatic heterocycles. The maximum Gasteiger partial charge on any atom is 0.112 e. The SMILES string of the molecule is C[C@H](c1ccccc1C1(O)CCCC1)[N+](C)(C)C. The molecule has 0 unspecified atom stereocenters. The molecule has 2 heteroatoms. The van der Waals surface area contributed by atoms with E-state index in [2.05, 4.69) is 52.3 Å². The zero-order chi connectivity index (χ0) is 13.4. The summed E-state index contributed by atoms with van der Waals surface area (Å²) in [7, 11) is 6.63. The standard InChI is InChI=1S/C16H26NO/c1-13(17(2,3)4)14-9-5-6-10-15(14)16(18)11-7-8-12-16/h5-6,9-10,13,18H,7-8,11-12H2,1-4H3/q+1/t13-/m1/s1. The van der Waals surface area contributed by atoms with Crippen LogP contribution in [0.1, 0.15) is 49.8 Å². The second kappa shape index (κ2) is 4.67. The number of nitrogens with zero attached hydrogens (tertiary/aromatic N) is 1. The van der Waals surface area contributed by atoms with Crippen molar-refractivity contribution in [2.45, 2.75) is 44.2 Å². The molecule has 2 nitrogen and oxygen atoms in total. The summed E-state index contributed by atoms with van der Waals surface area (Å²) < 4.78 is 0.882. The lowest BCUT2D eigenvalue weighted by Crippen LogP contribution is -2.38. The predicted molar refractivity (Wildman–Crippen MR) is 75.3 cm³/mol. The molecule has 1 N–H and O–H groups in total. The van der Waals surface area contributed by atoms with Crippen LogP contribution in [0.5, 0.6) is 0 Å². The van der Waals surface area contributed by atoms with Gasteiger partial charge in [0.05, 0.1) is 26.7 Å². The van der Waals surface area contributed by atoms with Gasteiger partial charge in [0.2, 0.25) is 0 Å². The molecule has 0 saturated heterocycles. The monoisotopic (exact) mass is 248 g/mol. The fraction of sp³-hybridized carbons (Fsp3) is 0.625. The van der Waals surface area contributed by atoms with Crippen LogP contribution in [0.15, 0.2) is 24.3 Å². The molecule has 0 spiro atoms. The van der Waals surface area contributed by atoms with Crippen LogP contribution in [-0.4, -0.2) is 30.7 Å². The summed E-state index contributed by atoms with van der Waals surface area (Å²) in [6, 6.07) is 8.83. The maximum atomic E-state index is 10.9. The molecular formula is C16H26NO+. The van der Waals surface area contributed by atoms with Gasteiger partial charge in [-0.2, -0.15) is 0 Å². The quantitative estimate of drug-likeness (QED) is 0.814. The fourth-order valence-corrected chi connectivity index (χ4v) is 2.93. The Bertz CT molecular complexity index is 413. The second-order valence-corrected chi connectivity index (χ2v) is 6.62. The summed E-state index contributed by atoms with van der Waals surface area (Å²) in [6.45, 7) is 2.25. The minimum atomic E-state index is -0.583. The molecule has 1 saturated carbocycles. The van der Waals surface area contributed by atoms with E-state index in [4.69, 9.17) is 0 Å². The lowest BCUT2D eigenvalue weighted by Gasteiger charge is -2.35. The third kappa shape index (κ3) is 2.45. The van der Waals surface area contributed by atoms with E-state index in [1.165, 1.54) is 5.56 Å². The summed E-state index contributed by atoms with van der Waals surface area (Å²) in [5.41, 5.74) is 1.87. The highest BCUT2D eigenvalue weighted by atomic mass is 16.3. The Kier molecular flexibility index (Phi) is 3.52. The topological polar surface area (TPSA) is 20.2 Å². The lowest BCUT2D eigenvalue weighted by atomic mass is 9.85. The normalized spacial score (nSPS) is 20.9. The largest absolute Gasteiger partial charge is 0.385 e. The first-order valence-corrected chi connectivity index (χ1v) is 6.97. The van der Waals surface area contributed by atoms with Crippen LogP contribution in [0.3, 0.4) is 0 Å². The fourth-order valence-electron chi connectivity index (χ4n) is 2.93. The van der Waals surface area contributed by atoms with Crippen LogP contribution in [0.2, 0.25) is 0 Å². The van der Waals surface area contributed by atoms with Crippen LogP contribution < -0.4 is 0 Å². The number of benzene rings is 1. The first-order valence-electron chi connectivity index (χ1n) is 6.97. The molecular weight excluding hydrogens is 222 g/mol. The first-order chi connectivity index (χ1) is 8.34. The minimum absolute atomic E-state index is 0.394. The summed E-state index contributed by atoms with van der Waals surface area (Å²) in [5, 5.41) is 10.9. The van der Waals surface area contributed by atoms with Crippen LogP contribution in [0.4, 0.5) is 0 Å². The van der Waals surface area contributed by atoms with Gasteiger partial charge in [0.15, 0.2) is 0 Å². The van der Waals surface area contributed by atoms with Gasteiger partial charge in [-0.15, -0.1) is 0 Å². The molecule has 100 valence electrons. The number of hydrogen-bond acceptors (Lipinski definition) is 1. The van der Waals surface area contributed by atoms with E-state index in [-0.39, 0.29) is 0 Å². The van der Waals surface area contributed by atoms with Gasteiger partial charge in [0.1, 0.15) is 6.04 Å². The summed E-state index contributed by atoms with van der Waals surface area (Å²) in [5.74, 6) is 0. The Morgan fingerprint density at radius 2 is 1.67 bits per heavy atom. The van der Waals surface area contributed by atoms with Crippen molar-refractivity contribution < 1.29 is 9.59 Å². The smallest absolute Gasteiger partial charge is 0.112 e. The lowest BCUT2D eigenvalue weighted by molar-refractivity contribution is -0.900. The van der Waals surface area contributed by atoms with Gasteiger partial charge < -0.3 is 9.59 Å². The molecule has 1 aromatic carbocycles. The van der Waals surface area contributed by atoms with Crippen LogP contribution in [0, 0.1) is 0 Å². The zero-order valence-corrected chi connectivity index (χ0v) is 12.1. The van der Waals surface area contributed by atoms with E-state index in [0.717, 1.165) is 35.7 Å². The van der Waals surface area contributed by atoms with E-state index >= 15 is 0 Å². The molecule has 1 aliphatic rings. The molecule has 1 aromatic rings. The Hall–Kier alpha value is -0.860. The van der Waals surface area contributed by atoms with Crippen LogP contribution in [0.25, 0.3) is 0 Å². The Morgan fingerprint density at radius 3 is 2.22 bits per heavy atom. The average Bonchev–Trinajstić information content (AvgIpc) is 2.75. The van der Waals surface area contributed by atoms with Gasteiger partial charge in [0, 0.05) is 5.56 Å². The highest BCUT2D eigenvalue weighted by molar-refractivity contribution is 5.34. The number of hydrogen-bond donors (Lipinski definition) is 1. The molecule has 0 radical (unpaired) electrons. The molecule has 1 fully saturated rings. The van der Waals surface area contributed by atoms with Gasteiger partial charge in [-0.1, -0.05) is 37.1 Å². The zero-order valence-electron chi connectivity index (χ0n) is 12.1. The van der Waals surface area contributed by atoms with Crippen LogP contribution >= 0.6 is 0 Å². The number of aliphatic hydroxyl groups is 1. The van der Waals surface area contributed by atoms with Crippen LogP contribution in [-0.2, 0) is 5.60 Å². The van der Waals surface area contributed by atoms with Crippen molar-refractivity contribution in [3.63, 3.8) is 0 Å². The highest BCUT2D eigenvalue weighted by Gasteiger charge is 2.37. The maximum absolute atomic E-state index is 10.9. The van der Waals surface area contributed by atoms with E-state index in [9.17, 15) is 5.11 Å². The van der Waals surface area contributed by atoms with Gasteiger partial charge >= 0.3 is 0 Å². The van der Waals surface area contributed by atoms with Crippen molar-refractivity contribution in [2.75, 3.05) is 21.1 Å². The van der Waals surface area contributed by atoms with Crippen molar-refractivity contribution in [3.8, 4) is 0 Å². The van der Waals surface area contributed by atoms with Gasteiger partial charge in [-0.25, -0.2) is 0 Å². The van der Waals surface area contributed by atoms with Gasteiger partial charge in [0.25, 0.3) is 0 Å². The molecule has 0 aliphatic heterocycles. The third-order valence-electron chi connectivity index (χ3n) is 4.50. The van der Waals surface area contributed by atoms with E-state index < -0.39 is 5.60 Å². The minimum Gasteiger partial charge on any atom is -0.385 e.